The summed E-state index contributed by atoms with van der Waals surface area (Å²) in [6.45, 7) is 1.81. The van der Waals surface area contributed by atoms with Crippen LogP contribution < -0.4 is 5.43 Å². The third-order valence-corrected chi connectivity index (χ3v) is 4.71. The summed E-state index contributed by atoms with van der Waals surface area (Å²) in [4.78, 5) is 16.3. The fourth-order valence-electron chi connectivity index (χ4n) is 2.39. The maximum absolute atomic E-state index is 13.3. The molecule has 4 nitrogen and oxygen atoms in total. The number of benzene rings is 2. The molecule has 0 radical (unpaired) electrons. The number of alkyl halides is 3. The summed E-state index contributed by atoms with van der Waals surface area (Å²) in [7, 11) is 0. The minimum atomic E-state index is -4.77. The summed E-state index contributed by atoms with van der Waals surface area (Å²) in [5.41, 5.74) is 3.18. The fourth-order valence-corrected chi connectivity index (χ4v) is 3.05. The van der Waals surface area contributed by atoms with Gasteiger partial charge < -0.3 is 0 Å². The van der Waals surface area contributed by atoms with Crippen molar-refractivity contribution in [3.63, 3.8) is 0 Å². The predicted molar refractivity (Wildman–Crippen MR) is 105 cm³/mol. The van der Waals surface area contributed by atoms with E-state index in [1.165, 1.54) is 36.4 Å². The van der Waals surface area contributed by atoms with Crippen LogP contribution in [0.3, 0.4) is 0 Å². The second-order valence-corrected chi connectivity index (χ2v) is 7.04. The van der Waals surface area contributed by atoms with Crippen molar-refractivity contribution in [1.82, 2.24) is 4.98 Å². The van der Waals surface area contributed by atoms with Crippen molar-refractivity contribution in [2.45, 2.75) is 19.5 Å². The van der Waals surface area contributed by atoms with E-state index in [0.717, 1.165) is 16.9 Å². The highest BCUT2D eigenvalue weighted by molar-refractivity contribution is 7.14. The molecule has 3 rings (SSSR count). The van der Waals surface area contributed by atoms with Crippen LogP contribution in [0.15, 0.2) is 59.0 Å². The van der Waals surface area contributed by atoms with Gasteiger partial charge >= 0.3 is 6.18 Å². The van der Waals surface area contributed by atoms with Gasteiger partial charge in [0.1, 0.15) is 11.5 Å². The minimum Gasteiger partial charge on any atom is -0.294 e. The Kier molecular flexibility index (Phi) is 6.07. The van der Waals surface area contributed by atoms with Crippen molar-refractivity contribution < 1.29 is 22.4 Å². The Bertz CT molecular complexity index is 1030. The quantitative estimate of drug-likeness (QED) is 0.235. The summed E-state index contributed by atoms with van der Waals surface area (Å²) in [5.74, 6) is -1.09. The van der Waals surface area contributed by atoms with Gasteiger partial charge in [-0.3, -0.25) is 10.2 Å². The van der Waals surface area contributed by atoms with Crippen LogP contribution in [0.5, 0.6) is 0 Å². The molecular weight excluding hydrogens is 406 g/mol. The number of ketones is 1. The first-order chi connectivity index (χ1) is 13.7. The molecule has 0 saturated heterocycles. The fraction of sp³-hybridized carbons (Fsp3) is 0.150. The van der Waals surface area contributed by atoms with E-state index in [0.29, 0.717) is 11.3 Å². The number of aromatic nitrogens is 1. The van der Waals surface area contributed by atoms with Gasteiger partial charge in [0.25, 0.3) is 0 Å². The molecule has 0 bridgehead atoms. The molecule has 0 spiro atoms. The molecular formula is C20H15F4N3OS. The standard InChI is InChI=1S/C20H15F4N3OS/c1-12-2-4-14(5-3-12)17(28)10-18(20(22,23)24)26-27-19-25-16(11-29-19)13-6-8-15(21)9-7-13/h2-9,11H,10H2,1H3,(H,25,27). The van der Waals surface area contributed by atoms with Gasteiger partial charge in [0.2, 0.25) is 5.13 Å². The normalized spacial score (nSPS) is 12.1. The van der Waals surface area contributed by atoms with Crippen molar-refractivity contribution in [2.24, 2.45) is 5.10 Å². The zero-order valence-electron chi connectivity index (χ0n) is 15.1. The topological polar surface area (TPSA) is 54.4 Å². The average molecular weight is 421 g/mol. The number of Topliss-reactive ketones (excluding diaryl/α,β-unsaturated/α-hetero) is 1. The van der Waals surface area contributed by atoms with E-state index in [-0.39, 0.29) is 10.7 Å². The van der Waals surface area contributed by atoms with E-state index < -0.39 is 29.9 Å². The van der Waals surface area contributed by atoms with E-state index in [1.807, 2.05) is 6.92 Å². The highest BCUT2D eigenvalue weighted by Crippen LogP contribution is 2.26. The van der Waals surface area contributed by atoms with Crippen LogP contribution >= 0.6 is 11.3 Å². The van der Waals surface area contributed by atoms with Crippen LogP contribution in [0.4, 0.5) is 22.7 Å². The number of halogens is 4. The maximum Gasteiger partial charge on any atom is 0.431 e. The second-order valence-electron chi connectivity index (χ2n) is 6.18. The summed E-state index contributed by atoms with van der Waals surface area (Å²) in [5, 5.41) is 5.10. The van der Waals surface area contributed by atoms with Crippen molar-refractivity contribution in [3.8, 4) is 11.3 Å². The van der Waals surface area contributed by atoms with Crippen LogP contribution in [0, 0.1) is 12.7 Å². The lowest BCUT2D eigenvalue weighted by molar-refractivity contribution is -0.0602. The molecule has 1 aromatic heterocycles. The van der Waals surface area contributed by atoms with E-state index in [1.54, 1.807) is 17.5 Å². The predicted octanol–water partition coefficient (Wildman–Crippen LogP) is 5.86. The maximum atomic E-state index is 13.3. The minimum absolute atomic E-state index is 0.119. The molecule has 29 heavy (non-hydrogen) atoms. The lowest BCUT2D eigenvalue weighted by Gasteiger charge is -2.10. The molecule has 150 valence electrons. The molecule has 0 aliphatic rings. The van der Waals surface area contributed by atoms with Crippen LogP contribution in [0.2, 0.25) is 0 Å². The Balaban J connectivity index is 1.75. The number of thiazole rings is 1. The van der Waals surface area contributed by atoms with Crippen molar-refractivity contribution in [1.29, 1.82) is 0 Å². The summed E-state index contributed by atoms with van der Waals surface area (Å²) < 4.78 is 52.9. The van der Waals surface area contributed by atoms with Crippen LogP contribution in [-0.4, -0.2) is 22.7 Å². The SMILES string of the molecule is Cc1ccc(C(=O)CC(=NNc2nc(-c3ccc(F)cc3)cs2)C(F)(F)F)cc1. The van der Waals surface area contributed by atoms with E-state index in [9.17, 15) is 22.4 Å². The molecule has 9 heteroatoms. The van der Waals surface area contributed by atoms with E-state index in [2.05, 4.69) is 15.5 Å². The molecule has 1 N–H and O–H groups in total. The van der Waals surface area contributed by atoms with Crippen molar-refractivity contribution in [3.05, 3.63) is 70.9 Å². The van der Waals surface area contributed by atoms with Gasteiger partial charge in [0, 0.05) is 16.5 Å². The van der Waals surface area contributed by atoms with E-state index in [4.69, 9.17) is 0 Å². The van der Waals surface area contributed by atoms with Crippen LogP contribution in [0.25, 0.3) is 11.3 Å². The Morgan fingerprint density at radius 2 is 1.76 bits per heavy atom. The molecule has 0 aliphatic carbocycles. The molecule has 0 unspecified atom stereocenters. The van der Waals surface area contributed by atoms with Crippen molar-refractivity contribution >= 4 is 28.0 Å². The largest absolute Gasteiger partial charge is 0.431 e. The third-order valence-electron chi connectivity index (χ3n) is 3.96. The van der Waals surface area contributed by atoms with Crippen LogP contribution in [-0.2, 0) is 0 Å². The van der Waals surface area contributed by atoms with Gasteiger partial charge in [-0.1, -0.05) is 29.8 Å². The Hall–Kier alpha value is -3.07. The zero-order valence-corrected chi connectivity index (χ0v) is 15.9. The smallest absolute Gasteiger partial charge is 0.294 e. The number of rotatable bonds is 6. The molecule has 1 heterocycles. The Labute approximate surface area is 167 Å². The summed E-state index contributed by atoms with van der Waals surface area (Å²) in [6, 6.07) is 11.8. The average Bonchev–Trinajstić information content (AvgIpc) is 3.14. The van der Waals surface area contributed by atoms with Gasteiger partial charge in [0.05, 0.1) is 12.1 Å². The summed E-state index contributed by atoms with van der Waals surface area (Å²) in [6.07, 6.45) is -5.67. The van der Waals surface area contributed by atoms with Gasteiger partial charge in [-0.25, -0.2) is 9.37 Å². The first-order valence-corrected chi connectivity index (χ1v) is 9.31. The number of carbonyl (C=O) groups is 1. The third kappa shape index (κ3) is 5.47. The molecule has 2 aromatic carbocycles. The number of hydrazone groups is 1. The number of nitrogens with zero attached hydrogens (tertiary/aromatic N) is 2. The molecule has 0 fully saturated rings. The first kappa shape index (κ1) is 20.7. The highest BCUT2D eigenvalue weighted by Gasteiger charge is 2.37. The molecule has 0 saturated carbocycles. The van der Waals surface area contributed by atoms with Crippen molar-refractivity contribution in [2.75, 3.05) is 5.43 Å². The zero-order chi connectivity index (χ0) is 21.0. The van der Waals surface area contributed by atoms with Gasteiger partial charge in [-0.15, -0.1) is 11.3 Å². The molecule has 0 aliphatic heterocycles. The van der Waals surface area contributed by atoms with Gasteiger partial charge in [-0.05, 0) is 31.2 Å². The Morgan fingerprint density at radius 3 is 2.38 bits per heavy atom. The van der Waals surface area contributed by atoms with Gasteiger partial charge in [0.15, 0.2) is 5.78 Å². The lowest BCUT2D eigenvalue weighted by atomic mass is 10.0. The lowest BCUT2D eigenvalue weighted by Crippen LogP contribution is -2.27. The number of hydrogen-bond donors (Lipinski definition) is 1. The number of hydrogen-bond acceptors (Lipinski definition) is 5. The number of nitrogens with one attached hydrogen (secondary N) is 1. The number of carbonyl (C=O) groups excluding carboxylic acids is 1. The molecule has 0 atom stereocenters. The Morgan fingerprint density at radius 1 is 1.10 bits per heavy atom. The molecule has 3 aromatic rings. The second kappa shape index (κ2) is 8.52. The van der Waals surface area contributed by atoms with E-state index >= 15 is 0 Å². The van der Waals surface area contributed by atoms with Crippen LogP contribution in [0.1, 0.15) is 22.3 Å². The molecule has 0 amide bonds. The summed E-state index contributed by atoms with van der Waals surface area (Å²) >= 11 is 1.04. The highest BCUT2D eigenvalue weighted by atomic mass is 32.1. The van der Waals surface area contributed by atoms with Gasteiger partial charge in [-0.2, -0.15) is 18.3 Å². The first-order valence-electron chi connectivity index (χ1n) is 8.43. The number of aryl methyl sites for hydroxylation is 1. The number of anilines is 1. The monoisotopic (exact) mass is 421 g/mol.